The number of benzene rings is 1. The summed E-state index contributed by atoms with van der Waals surface area (Å²) >= 11 is 0. The topological polar surface area (TPSA) is 75.2 Å². The number of ether oxygens (including phenoxy) is 2. The number of fused-ring (bicyclic) bond motifs is 2. The van der Waals surface area contributed by atoms with Crippen LogP contribution in [-0.4, -0.2) is 21.6 Å². The Morgan fingerprint density at radius 3 is 3.11 bits per heavy atom. The quantitative estimate of drug-likeness (QED) is 0.839. The predicted molar refractivity (Wildman–Crippen MR) is 68.1 cm³/mol. The van der Waals surface area contributed by atoms with E-state index in [1.54, 1.807) is 0 Å². The number of hydrogen-bond acceptors (Lipinski definition) is 5. The van der Waals surface area contributed by atoms with Crippen LogP contribution < -0.4 is 15.2 Å². The van der Waals surface area contributed by atoms with Crippen LogP contribution in [0.2, 0.25) is 0 Å². The van der Waals surface area contributed by atoms with E-state index in [1.807, 2.05) is 16.8 Å². The largest absolute Gasteiger partial charge is 0.454 e. The lowest BCUT2D eigenvalue weighted by Crippen LogP contribution is -2.17. The summed E-state index contributed by atoms with van der Waals surface area (Å²) in [6, 6.07) is 6.06. The number of nitrogens with two attached hydrogens (primary N) is 1. The second-order valence-electron chi connectivity index (χ2n) is 4.86. The Morgan fingerprint density at radius 1 is 1.26 bits per heavy atom. The van der Waals surface area contributed by atoms with Crippen molar-refractivity contribution in [3.05, 3.63) is 29.6 Å². The van der Waals surface area contributed by atoms with Crippen LogP contribution in [0.1, 0.15) is 30.1 Å². The van der Waals surface area contributed by atoms with Gasteiger partial charge >= 0.3 is 0 Å². The second-order valence-corrected chi connectivity index (χ2v) is 4.86. The van der Waals surface area contributed by atoms with Gasteiger partial charge in [0.05, 0.1) is 0 Å². The zero-order valence-electron chi connectivity index (χ0n) is 10.4. The number of nitrogen functional groups attached to an aromatic ring is 1. The Balaban J connectivity index is 1.77. The van der Waals surface area contributed by atoms with Gasteiger partial charge in [-0.25, -0.2) is 4.68 Å². The highest BCUT2D eigenvalue weighted by Crippen LogP contribution is 2.38. The van der Waals surface area contributed by atoms with Crippen molar-refractivity contribution in [2.24, 2.45) is 0 Å². The van der Waals surface area contributed by atoms with Crippen molar-refractivity contribution in [3.8, 4) is 11.5 Å². The fourth-order valence-corrected chi connectivity index (χ4v) is 2.81. The molecule has 19 heavy (non-hydrogen) atoms. The van der Waals surface area contributed by atoms with Crippen molar-refractivity contribution in [2.45, 2.75) is 25.3 Å². The first-order valence-electron chi connectivity index (χ1n) is 6.41. The molecular weight excluding hydrogens is 244 g/mol. The van der Waals surface area contributed by atoms with E-state index in [4.69, 9.17) is 15.2 Å². The average molecular weight is 258 g/mol. The van der Waals surface area contributed by atoms with E-state index < -0.39 is 0 Å². The van der Waals surface area contributed by atoms with Gasteiger partial charge in [-0.15, -0.1) is 5.10 Å². The SMILES string of the molecule is Nc1nc2n(n1)CCCC2c1ccc2c(c1)OCO2. The molecule has 1 aromatic carbocycles. The third-order valence-corrected chi connectivity index (χ3v) is 3.69. The molecule has 0 saturated heterocycles. The van der Waals surface area contributed by atoms with Gasteiger partial charge in [-0.1, -0.05) is 6.07 Å². The first-order chi connectivity index (χ1) is 9.31. The summed E-state index contributed by atoms with van der Waals surface area (Å²) in [6.45, 7) is 1.19. The summed E-state index contributed by atoms with van der Waals surface area (Å²) in [5.74, 6) is 3.14. The van der Waals surface area contributed by atoms with E-state index in [9.17, 15) is 0 Å². The molecule has 1 unspecified atom stereocenters. The first-order valence-corrected chi connectivity index (χ1v) is 6.41. The molecule has 1 aromatic heterocycles. The van der Waals surface area contributed by atoms with Gasteiger partial charge in [-0.3, -0.25) is 0 Å². The van der Waals surface area contributed by atoms with Crippen molar-refractivity contribution in [1.29, 1.82) is 0 Å². The average Bonchev–Trinajstić information content (AvgIpc) is 3.01. The van der Waals surface area contributed by atoms with E-state index >= 15 is 0 Å². The van der Waals surface area contributed by atoms with Crippen molar-refractivity contribution < 1.29 is 9.47 Å². The van der Waals surface area contributed by atoms with Gasteiger partial charge in [-0.05, 0) is 30.5 Å². The molecule has 0 amide bonds. The van der Waals surface area contributed by atoms with Crippen LogP contribution in [-0.2, 0) is 6.54 Å². The van der Waals surface area contributed by atoms with Gasteiger partial charge in [0.15, 0.2) is 11.5 Å². The lowest BCUT2D eigenvalue weighted by molar-refractivity contribution is 0.174. The number of rotatable bonds is 1. The van der Waals surface area contributed by atoms with Crippen molar-refractivity contribution in [3.63, 3.8) is 0 Å². The molecule has 2 N–H and O–H groups in total. The smallest absolute Gasteiger partial charge is 0.239 e. The first kappa shape index (κ1) is 10.7. The lowest BCUT2D eigenvalue weighted by Gasteiger charge is -2.22. The van der Waals surface area contributed by atoms with Crippen molar-refractivity contribution in [1.82, 2.24) is 14.8 Å². The highest BCUT2D eigenvalue weighted by atomic mass is 16.7. The van der Waals surface area contributed by atoms with Gasteiger partial charge in [0.25, 0.3) is 0 Å². The zero-order valence-corrected chi connectivity index (χ0v) is 10.4. The van der Waals surface area contributed by atoms with Crippen LogP contribution in [0.3, 0.4) is 0 Å². The molecule has 2 aliphatic heterocycles. The number of anilines is 1. The summed E-state index contributed by atoms with van der Waals surface area (Å²) < 4.78 is 12.7. The molecule has 0 radical (unpaired) electrons. The Labute approximate surface area is 110 Å². The molecule has 6 nitrogen and oxygen atoms in total. The highest BCUT2D eigenvalue weighted by molar-refractivity contribution is 5.46. The number of aryl methyl sites for hydroxylation is 1. The van der Waals surface area contributed by atoms with Gasteiger partial charge in [0.2, 0.25) is 12.7 Å². The van der Waals surface area contributed by atoms with E-state index in [0.717, 1.165) is 36.7 Å². The molecule has 4 rings (SSSR count). The minimum absolute atomic E-state index is 0.230. The van der Waals surface area contributed by atoms with Gasteiger partial charge < -0.3 is 15.2 Å². The van der Waals surface area contributed by atoms with Gasteiger partial charge in [0, 0.05) is 12.5 Å². The molecule has 0 spiro atoms. The Morgan fingerprint density at radius 2 is 2.16 bits per heavy atom. The molecule has 0 fully saturated rings. The maximum Gasteiger partial charge on any atom is 0.239 e. The summed E-state index contributed by atoms with van der Waals surface area (Å²) in [5.41, 5.74) is 6.88. The molecule has 98 valence electrons. The van der Waals surface area contributed by atoms with E-state index in [1.165, 1.54) is 5.56 Å². The summed E-state index contributed by atoms with van der Waals surface area (Å²) in [4.78, 5) is 4.36. The molecule has 2 aromatic rings. The highest BCUT2D eigenvalue weighted by Gasteiger charge is 2.26. The minimum Gasteiger partial charge on any atom is -0.454 e. The second kappa shape index (κ2) is 3.88. The monoisotopic (exact) mass is 258 g/mol. The molecule has 1 atom stereocenters. The predicted octanol–water partition coefficient (Wildman–Crippen LogP) is 1.51. The molecule has 0 saturated carbocycles. The van der Waals surface area contributed by atoms with Crippen LogP contribution in [0.25, 0.3) is 0 Å². The van der Waals surface area contributed by atoms with E-state index in [0.29, 0.717) is 12.7 Å². The van der Waals surface area contributed by atoms with Gasteiger partial charge in [0.1, 0.15) is 5.82 Å². The maximum absolute atomic E-state index is 5.70. The number of aromatic nitrogens is 3. The molecule has 0 bridgehead atoms. The van der Waals surface area contributed by atoms with Crippen LogP contribution in [0.5, 0.6) is 11.5 Å². The lowest BCUT2D eigenvalue weighted by atomic mass is 9.91. The Bertz CT molecular complexity index is 638. The number of nitrogens with zero attached hydrogens (tertiary/aromatic N) is 3. The van der Waals surface area contributed by atoms with Crippen molar-refractivity contribution in [2.75, 3.05) is 12.5 Å². The summed E-state index contributed by atoms with van der Waals surface area (Å²) in [5, 5.41) is 4.23. The maximum atomic E-state index is 5.70. The third kappa shape index (κ3) is 1.63. The minimum atomic E-state index is 0.230. The van der Waals surface area contributed by atoms with Crippen LogP contribution >= 0.6 is 0 Å². The molecule has 6 heteroatoms. The summed E-state index contributed by atoms with van der Waals surface area (Å²) in [6.07, 6.45) is 2.13. The molecule has 0 aliphatic carbocycles. The van der Waals surface area contributed by atoms with Crippen LogP contribution in [0, 0.1) is 0 Å². The van der Waals surface area contributed by atoms with Crippen LogP contribution in [0.4, 0.5) is 5.95 Å². The molecule has 2 aliphatic rings. The molecule has 3 heterocycles. The Kier molecular flexibility index (Phi) is 2.18. The standard InChI is InChI=1S/C13H14N4O2/c14-13-15-12-9(2-1-5-17(12)16-13)8-3-4-10-11(6-8)19-7-18-10/h3-4,6,9H,1-2,5,7H2,(H2,14,16). The third-order valence-electron chi connectivity index (χ3n) is 3.69. The van der Waals surface area contributed by atoms with Crippen molar-refractivity contribution >= 4 is 5.95 Å². The van der Waals surface area contributed by atoms with E-state index in [2.05, 4.69) is 16.1 Å². The summed E-state index contributed by atoms with van der Waals surface area (Å²) in [7, 11) is 0. The fraction of sp³-hybridized carbons (Fsp3) is 0.385. The zero-order chi connectivity index (χ0) is 12.8. The fourth-order valence-electron chi connectivity index (χ4n) is 2.81. The normalized spacial score (nSPS) is 20.3. The van der Waals surface area contributed by atoms with Crippen LogP contribution in [0.15, 0.2) is 18.2 Å². The van der Waals surface area contributed by atoms with Gasteiger partial charge in [-0.2, -0.15) is 4.98 Å². The number of hydrogen-bond donors (Lipinski definition) is 1. The Hall–Kier alpha value is -2.24. The van der Waals surface area contributed by atoms with E-state index in [-0.39, 0.29) is 5.92 Å². The molecular formula is C13H14N4O2.